The van der Waals surface area contributed by atoms with Crippen molar-refractivity contribution in [1.82, 2.24) is 0 Å². The second-order valence-electron chi connectivity index (χ2n) is 12.0. The number of hydrogen-bond donors (Lipinski definition) is 0. The number of hydrogen-bond acceptors (Lipinski definition) is 1. The molecule has 34 heavy (non-hydrogen) atoms. The number of thiophene rings is 1. The van der Waals surface area contributed by atoms with Crippen molar-refractivity contribution in [1.29, 1.82) is 0 Å². The van der Waals surface area contributed by atoms with Crippen LogP contribution in [0.25, 0.3) is 0 Å². The summed E-state index contributed by atoms with van der Waals surface area (Å²) in [5.74, 6) is 0.927. The second kappa shape index (κ2) is 21.6. The third kappa shape index (κ3) is 19.7. The minimum atomic E-state index is -0.439. The average Bonchev–Trinajstić information content (AvgIpc) is 3.21. The van der Waals surface area contributed by atoms with Gasteiger partial charge in [0, 0.05) is 0 Å². The first-order chi connectivity index (χ1) is 16.4. The molecule has 1 rings (SSSR count). The van der Waals surface area contributed by atoms with E-state index in [-0.39, 0.29) is 0 Å². The molecule has 0 spiro atoms. The van der Waals surface area contributed by atoms with Crippen molar-refractivity contribution in [3.63, 3.8) is 0 Å². The predicted octanol–water partition coefficient (Wildman–Crippen LogP) is 11.3. The standard InChI is InChI=1S/C28H51S.C4H9.Sn/c1-3-5-7-9-11-13-14-16-18-20-22-27(25-28-23-24-29-26-28)21-19-17-15-12-10-8-6-4-2;1-4(2)3;/h23,26-27H,3-22,25H2,1-2H3;1-3H3;. The van der Waals surface area contributed by atoms with Crippen LogP contribution in [0.1, 0.15) is 169 Å². The molecule has 0 aliphatic heterocycles. The summed E-state index contributed by atoms with van der Waals surface area (Å²) < 4.78 is 2.33. The van der Waals surface area contributed by atoms with Gasteiger partial charge in [0.15, 0.2) is 0 Å². The molecule has 1 unspecified atom stereocenters. The molecule has 0 N–H and O–H groups in total. The Kier molecular flexibility index (Phi) is 20.6. The monoisotopic (exact) mass is 596 g/mol. The third-order valence-corrected chi connectivity index (χ3v) is 12.9. The summed E-state index contributed by atoms with van der Waals surface area (Å²) in [6, 6.07) is 2.61. The summed E-state index contributed by atoms with van der Waals surface area (Å²) in [6.07, 6.45) is 30.4. The first-order valence-electron chi connectivity index (χ1n) is 15.3. The van der Waals surface area contributed by atoms with Crippen LogP contribution in [0, 0.1) is 5.92 Å². The molecule has 0 amide bonds. The molecular weight excluding hydrogens is 535 g/mol. The molecule has 1 aromatic rings. The molecule has 198 valence electrons. The Bertz CT molecular complexity index is 556. The van der Waals surface area contributed by atoms with Gasteiger partial charge in [-0.1, -0.05) is 52.4 Å². The van der Waals surface area contributed by atoms with Gasteiger partial charge in [-0.15, -0.1) is 0 Å². The Labute approximate surface area is 230 Å². The van der Waals surface area contributed by atoms with Gasteiger partial charge in [-0.3, -0.25) is 0 Å². The van der Waals surface area contributed by atoms with Gasteiger partial charge < -0.3 is 0 Å². The van der Waals surface area contributed by atoms with Crippen molar-refractivity contribution in [3.8, 4) is 0 Å². The Morgan fingerprint density at radius 2 is 1.06 bits per heavy atom. The molecule has 0 nitrogen and oxygen atoms in total. The van der Waals surface area contributed by atoms with Crippen molar-refractivity contribution in [2.24, 2.45) is 5.92 Å². The zero-order chi connectivity index (χ0) is 24.9. The normalized spacial score (nSPS) is 13.0. The van der Waals surface area contributed by atoms with E-state index in [0.29, 0.717) is 3.43 Å². The van der Waals surface area contributed by atoms with E-state index in [2.05, 4.69) is 57.4 Å². The van der Waals surface area contributed by atoms with E-state index in [0.717, 1.165) is 5.92 Å². The van der Waals surface area contributed by atoms with Crippen LogP contribution in [0.5, 0.6) is 0 Å². The maximum atomic E-state index is 2.61. The zero-order valence-electron chi connectivity index (χ0n) is 24.0. The summed E-state index contributed by atoms with van der Waals surface area (Å²) in [5.41, 5.74) is 1.67. The third-order valence-electron chi connectivity index (χ3n) is 7.11. The fourth-order valence-electron chi connectivity index (χ4n) is 5.09. The van der Waals surface area contributed by atoms with Crippen molar-refractivity contribution >= 4 is 35.4 Å². The molecule has 1 heterocycles. The van der Waals surface area contributed by atoms with Crippen molar-refractivity contribution < 1.29 is 0 Å². The summed E-state index contributed by atoms with van der Waals surface area (Å²) in [4.78, 5) is 0. The molecule has 0 fully saturated rings. The van der Waals surface area contributed by atoms with Crippen LogP contribution in [0.15, 0.2) is 11.4 Å². The molecule has 0 aliphatic rings. The number of unbranched alkanes of at least 4 members (excludes halogenated alkanes) is 16. The molecule has 0 aromatic carbocycles. The van der Waals surface area contributed by atoms with Crippen LogP contribution in [0.4, 0.5) is 0 Å². The Morgan fingerprint density at radius 3 is 1.47 bits per heavy atom. The Hall–Kier alpha value is 0.499. The van der Waals surface area contributed by atoms with Gasteiger partial charge in [-0.05, 0) is 0 Å². The van der Waals surface area contributed by atoms with Gasteiger partial charge in [-0.25, -0.2) is 0 Å². The fraction of sp³-hybridized carbons (Fsp3) is 0.875. The van der Waals surface area contributed by atoms with Crippen LogP contribution in [-0.4, -0.2) is 21.1 Å². The summed E-state index contributed by atoms with van der Waals surface area (Å²) >= 11 is 1.64. The van der Waals surface area contributed by atoms with Crippen molar-refractivity contribution in [2.45, 2.75) is 173 Å². The fourth-order valence-corrected chi connectivity index (χ4v) is 11.7. The molecular formula is C32H60SSn. The average molecular weight is 596 g/mol. The van der Waals surface area contributed by atoms with Crippen LogP contribution in [0.3, 0.4) is 0 Å². The van der Waals surface area contributed by atoms with E-state index in [1.165, 1.54) is 135 Å². The van der Waals surface area contributed by atoms with Gasteiger partial charge in [0.25, 0.3) is 0 Å². The molecule has 0 bridgehead atoms. The van der Waals surface area contributed by atoms with E-state index in [4.69, 9.17) is 0 Å². The molecule has 1 aromatic heterocycles. The van der Waals surface area contributed by atoms with Crippen molar-refractivity contribution in [3.05, 3.63) is 17.0 Å². The number of rotatable bonds is 23. The van der Waals surface area contributed by atoms with E-state index >= 15 is 0 Å². The van der Waals surface area contributed by atoms with E-state index in [1.807, 2.05) is 0 Å². The zero-order valence-corrected chi connectivity index (χ0v) is 27.7. The summed E-state index contributed by atoms with van der Waals surface area (Å²) in [6.45, 7) is 11.9. The van der Waals surface area contributed by atoms with E-state index in [1.54, 1.807) is 8.46 Å². The van der Waals surface area contributed by atoms with Gasteiger partial charge in [0.2, 0.25) is 0 Å². The predicted molar refractivity (Wildman–Crippen MR) is 160 cm³/mol. The molecule has 0 saturated carbocycles. The molecule has 1 atom stereocenters. The molecule has 0 aliphatic carbocycles. The second-order valence-corrected chi connectivity index (χ2v) is 20.5. The van der Waals surface area contributed by atoms with Crippen LogP contribution < -0.4 is 2.89 Å². The van der Waals surface area contributed by atoms with Crippen LogP contribution in [-0.2, 0) is 6.42 Å². The Balaban J connectivity index is 2.32. The molecule has 2 heteroatoms. The van der Waals surface area contributed by atoms with Gasteiger partial charge in [0.1, 0.15) is 0 Å². The summed E-state index contributed by atoms with van der Waals surface area (Å²) in [5, 5.41) is 2.52. The van der Waals surface area contributed by atoms with Gasteiger partial charge in [0.05, 0.1) is 0 Å². The first kappa shape index (κ1) is 32.5. The topological polar surface area (TPSA) is 0 Å². The van der Waals surface area contributed by atoms with Gasteiger partial charge in [-0.2, -0.15) is 0 Å². The molecule has 0 saturated heterocycles. The quantitative estimate of drug-likeness (QED) is 0.0872. The van der Waals surface area contributed by atoms with E-state index < -0.39 is 21.1 Å². The van der Waals surface area contributed by atoms with E-state index in [9.17, 15) is 0 Å². The van der Waals surface area contributed by atoms with Crippen molar-refractivity contribution in [2.75, 3.05) is 0 Å². The first-order valence-corrected chi connectivity index (χ1v) is 19.0. The maximum absolute atomic E-state index is 2.61. The Morgan fingerprint density at radius 1 is 0.647 bits per heavy atom. The molecule has 2 radical (unpaired) electrons. The van der Waals surface area contributed by atoms with Gasteiger partial charge >= 0.3 is 179 Å². The SMILES string of the molecule is CCCCCCCCCCCCC(CCCCCCCCCC)Cc1cs[c]([Sn][C](C)(C)C)c1. The van der Waals surface area contributed by atoms with Crippen LogP contribution >= 0.6 is 11.3 Å². The summed E-state index contributed by atoms with van der Waals surface area (Å²) in [7, 11) is 0. The van der Waals surface area contributed by atoms with Crippen LogP contribution in [0.2, 0.25) is 3.43 Å². The minimum absolute atomic E-state index is 0.439.